The molecule has 0 saturated carbocycles. The zero-order valence-corrected chi connectivity index (χ0v) is 12.7. The number of para-hydroxylation sites is 1. The molecular weight excluding hydrogens is 288 g/mol. The molecule has 0 spiro atoms. The van der Waals surface area contributed by atoms with Gasteiger partial charge in [0.05, 0.1) is 5.52 Å². The van der Waals surface area contributed by atoms with Gasteiger partial charge in [-0.15, -0.1) is 12.4 Å². The van der Waals surface area contributed by atoms with Gasteiger partial charge in [0.2, 0.25) is 0 Å². The quantitative estimate of drug-likeness (QED) is 0.803. The maximum absolute atomic E-state index is 5.29. The fourth-order valence-electron chi connectivity index (χ4n) is 2.00. The van der Waals surface area contributed by atoms with Gasteiger partial charge in [0.25, 0.3) is 5.89 Å². The van der Waals surface area contributed by atoms with E-state index in [9.17, 15) is 0 Å². The highest BCUT2D eigenvalue weighted by Crippen LogP contribution is 2.19. The van der Waals surface area contributed by atoms with Gasteiger partial charge in [0.1, 0.15) is 5.69 Å². The predicted molar refractivity (Wildman–Crippen MR) is 84.5 cm³/mol. The van der Waals surface area contributed by atoms with E-state index >= 15 is 0 Å². The first-order valence-corrected chi connectivity index (χ1v) is 6.62. The molecule has 21 heavy (non-hydrogen) atoms. The molecule has 3 rings (SSSR count). The van der Waals surface area contributed by atoms with Crippen molar-refractivity contribution in [2.75, 3.05) is 7.05 Å². The van der Waals surface area contributed by atoms with Crippen LogP contribution in [0.25, 0.3) is 22.5 Å². The van der Waals surface area contributed by atoms with Crippen molar-refractivity contribution >= 4 is 23.3 Å². The van der Waals surface area contributed by atoms with Crippen molar-refractivity contribution in [3.63, 3.8) is 0 Å². The van der Waals surface area contributed by atoms with Gasteiger partial charge in [-0.3, -0.25) is 0 Å². The summed E-state index contributed by atoms with van der Waals surface area (Å²) < 4.78 is 5.29. The Kier molecular flexibility index (Phi) is 4.88. The number of hydrogen-bond acceptors (Lipinski definition) is 5. The van der Waals surface area contributed by atoms with Crippen LogP contribution in [0.4, 0.5) is 0 Å². The lowest BCUT2D eigenvalue weighted by atomic mass is 10.2. The van der Waals surface area contributed by atoms with Crippen molar-refractivity contribution in [3.8, 4) is 11.6 Å². The highest BCUT2D eigenvalue weighted by atomic mass is 35.5. The Morgan fingerprint density at radius 3 is 2.76 bits per heavy atom. The predicted octanol–water partition coefficient (Wildman–Crippen LogP) is 2.86. The fraction of sp³-hybridized carbons (Fsp3) is 0.267. The fourth-order valence-corrected chi connectivity index (χ4v) is 2.00. The average molecular weight is 305 g/mol. The van der Waals surface area contributed by atoms with Gasteiger partial charge >= 0.3 is 0 Å². The Labute approximate surface area is 129 Å². The third-order valence-corrected chi connectivity index (χ3v) is 3.27. The normalized spacial score (nSPS) is 12.1. The van der Waals surface area contributed by atoms with E-state index in [4.69, 9.17) is 4.52 Å². The molecule has 110 valence electrons. The van der Waals surface area contributed by atoms with Crippen molar-refractivity contribution in [2.24, 2.45) is 0 Å². The van der Waals surface area contributed by atoms with Crippen LogP contribution >= 0.6 is 12.4 Å². The summed E-state index contributed by atoms with van der Waals surface area (Å²) in [4.78, 5) is 8.94. The van der Waals surface area contributed by atoms with Crippen molar-refractivity contribution in [1.29, 1.82) is 0 Å². The van der Waals surface area contributed by atoms with Crippen molar-refractivity contribution < 1.29 is 4.52 Å². The zero-order valence-electron chi connectivity index (χ0n) is 11.9. The molecule has 0 aliphatic carbocycles. The minimum atomic E-state index is 0. The van der Waals surface area contributed by atoms with E-state index in [0.717, 1.165) is 17.3 Å². The van der Waals surface area contributed by atoms with Crippen molar-refractivity contribution in [1.82, 2.24) is 20.4 Å². The van der Waals surface area contributed by atoms with Crippen LogP contribution in [0, 0.1) is 0 Å². The molecule has 5 nitrogen and oxygen atoms in total. The average Bonchev–Trinajstić information content (AvgIpc) is 2.95. The number of halogens is 1. The summed E-state index contributed by atoms with van der Waals surface area (Å²) in [5.41, 5.74) is 1.63. The summed E-state index contributed by atoms with van der Waals surface area (Å²) in [6, 6.07) is 12.2. The lowest BCUT2D eigenvalue weighted by Crippen LogP contribution is -2.24. The van der Waals surface area contributed by atoms with Crippen LogP contribution in [-0.4, -0.2) is 28.2 Å². The number of fused-ring (bicyclic) bond motifs is 1. The van der Waals surface area contributed by atoms with Crippen LogP contribution in [0.3, 0.4) is 0 Å². The Bertz CT molecular complexity index is 728. The van der Waals surface area contributed by atoms with E-state index in [-0.39, 0.29) is 12.4 Å². The van der Waals surface area contributed by atoms with Gasteiger partial charge in [0, 0.05) is 17.8 Å². The van der Waals surface area contributed by atoms with Gasteiger partial charge in [-0.05, 0) is 26.1 Å². The van der Waals surface area contributed by atoms with Crippen molar-refractivity contribution in [3.05, 3.63) is 42.2 Å². The van der Waals surface area contributed by atoms with Crippen LogP contribution in [0.5, 0.6) is 0 Å². The molecule has 1 unspecified atom stereocenters. The first kappa shape index (κ1) is 15.4. The highest BCUT2D eigenvalue weighted by Gasteiger charge is 2.12. The number of nitrogens with zero attached hydrogens (tertiary/aromatic N) is 3. The smallest absolute Gasteiger partial charge is 0.276 e. The Morgan fingerprint density at radius 1 is 1.14 bits per heavy atom. The molecule has 0 bridgehead atoms. The molecule has 2 heterocycles. The van der Waals surface area contributed by atoms with Gasteiger partial charge in [0.15, 0.2) is 5.82 Å². The first-order valence-electron chi connectivity index (χ1n) is 6.62. The van der Waals surface area contributed by atoms with E-state index in [0.29, 0.717) is 23.5 Å². The Morgan fingerprint density at radius 2 is 1.95 bits per heavy atom. The largest absolute Gasteiger partial charge is 0.332 e. The lowest BCUT2D eigenvalue weighted by molar-refractivity contribution is 0.417. The molecule has 2 aromatic heterocycles. The van der Waals surface area contributed by atoms with E-state index in [1.54, 1.807) is 0 Å². The maximum Gasteiger partial charge on any atom is 0.276 e. The molecule has 0 fully saturated rings. The van der Waals surface area contributed by atoms with Gasteiger partial charge < -0.3 is 9.84 Å². The van der Waals surface area contributed by atoms with Crippen LogP contribution in [-0.2, 0) is 6.42 Å². The second-order valence-corrected chi connectivity index (χ2v) is 4.80. The van der Waals surface area contributed by atoms with E-state index in [1.807, 2.05) is 43.4 Å². The number of hydrogen-bond donors (Lipinski definition) is 1. The van der Waals surface area contributed by atoms with Crippen LogP contribution in [0.2, 0.25) is 0 Å². The number of likely N-dealkylation sites (N-methyl/N-ethyl adjacent to an activating group) is 1. The van der Waals surface area contributed by atoms with Crippen molar-refractivity contribution in [2.45, 2.75) is 19.4 Å². The van der Waals surface area contributed by atoms with E-state index in [1.165, 1.54) is 0 Å². The number of benzene rings is 1. The highest BCUT2D eigenvalue weighted by molar-refractivity contribution is 5.85. The number of pyridine rings is 1. The molecular formula is C15H17ClN4O. The summed E-state index contributed by atoms with van der Waals surface area (Å²) in [7, 11) is 1.91. The second kappa shape index (κ2) is 6.65. The lowest BCUT2D eigenvalue weighted by Gasteiger charge is -2.04. The Hall–Kier alpha value is -1.98. The summed E-state index contributed by atoms with van der Waals surface area (Å²) in [6.07, 6.45) is 0.730. The van der Waals surface area contributed by atoms with Gasteiger partial charge in [-0.2, -0.15) is 4.98 Å². The Balaban J connectivity index is 0.00000161. The molecule has 1 atom stereocenters. The summed E-state index contributed by atoms with van der Waals surface area (Å²) in [5.74, 6) is 1.16. The molecule has 0 aliphatic rings. The summed E-state index contributed by atoms with van der Waals surface area (Å²) >= 11 is 0. The third kappa shape index (κ3) is 3.37. The second-order valence-electron chi connectivity index (χ2n) is 4.80. The van der Waals surface area contributed by atoms with Gasteiger partial charge in [-0.25, -0.2) is 4.98 Å². The topological polar surface area (TPSA) is 63.8 Å². The molecule has 0 saturated heterocycles. The molecule has 6 heteroatoms. The molecule has 0 amide bonds. The third-order valence-electron chi connectivity index (χ3n) is 3.27. The summed E-state index contributed by atoms with van der Waals surface area (Å²) in [6.45, 7) is 2.07. The minimum absolute atomic E-state index is 0. The maximum atomic E-state index is 5.29. The molecule has 1 aromatic carbocycles. The molecule has 1 N–H and O–H groups in total. The first-order chi connectivity index (χ1) is 9.76. The zero-order chi connectivity index (χ0) is 13.9. The van der Waals surface area contributed by atoms with Gasteiger partial charge in [-0.1, -0.05) is 29.4 Å². The van der Waals surface area contributed by atoms with Crippen LogP contribution < -0.4 is 5.32 Å². The standard InChI is InChI=1S/C15H16N4O.ClH/c1-10(16-2)9-14-18-15(20-19-14)13-8-7-11-5-3-4-6-12(11)17-13;/h3-8,10,16H,9H2,1-2H3;1H. The molecule has 3 aromatic rings. The number of rotatable bonds is 4. The van der Waals surface area contributed by atoms with Crippen LogP contribution in [0.1, 0.15) is 12.7 Å². The number of aromatic nitrogens is 3. The number of nitrogens with one attached hydrogen (secondary N) is 1. The molecule has 0 radical (unpaired) electrons. The van der Waals surface area contributed by atoms with E-state index < -0.39 is 0 Å². The van der Waals surface area contributed by atoms with Crippen LogP contribution in [0.15, 0.2) is 40.9 Å². The summed E-state index contributed by atoms with van der Waals surface area (Å²) in [5, 5.41) is 8.24. The van der Waals surface area contributed by atoms with E-state index in [2.05, 4.69) is 27.4 Å². The molecule has 0 aliphatic heterocycles. The SMILES string of the molecule is CNC(C)Cc1noc(-c2ccc3ccccc3n2)n1.Cl. The minimum Gasteiger partial charge on any atom is -0.332 e. The monoisotopic (exact) mass is 304 g/mol.